The van der Waals surface area contributed by atoms with Crippen molar-refractivity contribution in [1.29, 1.82) is 0 Å². The summed E-state index contributed by atoms with van der Waals surface area (Å²) in [6.45, 7) is 2.31. The number of carbonyl (C=O) groups excluding carboxylic acids is 1. The smallest absolute Gasteiger partial charge is 0.289 e. The van der Waals surface area contributed by atoms with E-state index in [0.717, 1.165) is 10.5 Å². The van der Waals surface area contributed by atoms with Crippen molar-refractivity contribution >= 4 is 27.5 Å². The first kappa shape index (κ1) is 12.8. The number of carbonyl (C=O) groups is 1. The van der Waals surface area contributed by atoms with E-state index >= 15 is 0 Å². The Morgan fingerprint density at radius 1 is 1.40 bits per heavy atom. The number of amides is 1. The molecule has 2 aromatic heterocycles. The molecule has 0 fully saturated rings. The number of hydrogen-bond acceptors (Lipinski definition) is 5. The minimum Gasteiger partial charge on any atom is -0.351 e. The summed E-state index contributed by atoms with van der Waals surface area (Å²) in [5.74, 6) is -0.00138. The molecule has 20 heavy (non-hydrogen) atoms. The van der Waals surface area contributed by atoms with Gasteiger partial charge in [-0.15, -0.1) is 11.3 Å². The second kappa shape index (κ2) is 5.42. The molecule has 5 nitrogen and oxygen atoms in total. The predicted molar refractivity (Wildman–Crippen MR) is 76.9 cm³/mol. The van der Waals surface area contributed by atoms with E-state index in [-0.39, 0.29) is 11.7 Å². The minimum absolute atomic E-state index is 0.242. The maximum absolute atomic E-state index is 11.8. The van der Waals surface area contributed by atoms with E-state index in [1.807, 2.05) is 24.3 Å². The summed E-state index contributed by atoms with van der Waals surface area (Å²) < 4.78 is 6.07. The van der Waals surface area contributed by atoms with Gasteiger partial charge in [-0.2, -0.15) is 0 Å². The minimum atomic E-state index is -0.244. The van der Waals surface area contributed by atoms with Crippen LogP contribution < -0.4 is 5.32 Å². The summed E-state index contributed by atoms with van der Waals surface area (Å²) in [7, 11) is 0. The quantitative estimate of drug-likeness (QED) is 0.800. The Bertz CT molecular complexity index is 715. The Morgan fingerprint density at radius 3 is 3.00 bits per heavy atom. The van der Waals surface area contributed by atoms with Gasteiger partial charge in [0.2, 0.25) is 5.76 Å². The fraction of sp³-hybridized carbons (Fsp3) is 0.214. The highest BCUT2D eigenvalue weighted by Gasteiger charge is 2.11. The van der Waals surface area contributed by atoms with Gasteiger partial charge < -0.3 is 9.84 Å². The van der Waals surface area contributed by atoms with E-state index in [1.54, 1.807) is 24.3 Å². The lowest BCUT2D eigenvalue weighted by molar-refractivity contribution is 0.0917. The summed E-state index contributed by atoms with van der Waals surface area (Å²) in [6, 6.07) is 9.63. The molecule has 0 saturated carbocycles. The predicted octanol–water partition coefficient (Wildman–Crippen LogP) is 2.57. The van der Waals surface area contributed by atoms with Gasteiger partial charge in [-0.3, -0.25) is 4.79 Å². The Morgan fingerprint density at radius 2 is 2.25 bits per heavy atom. The van der Waals surface area contributed by atoms with Crippen molar-refractivity contribution in [2.75, 3.05) is 6.54 Å². The molecule has 0 aliphatic heterocycles. The summed E-state index contributed by atoms with van der Waals surface area (Å²) in [4.78, 5) is 16.3. The fourth-order valence-electron chi connectivity index (χ4n) is 1.87. The second-order valence-corrected chi connectivity index (χ2v) is 5.53. The average Bonchev–Trinajstić information content (AvgIpc) is 3.04. The highest BCUT2D eigenvalue weighted by Crippen LogP contribution is 2.21. The maximum atomic E-state index is 11.8. The molecule has 0 bridgehead atoms. The Labute approximate surface area is 119 Å². The molecule has 0 radical (unpaired) electrons. The van der Waals surface area contributed by atoms with E-state index in [0.29, 0.717) is 18.7 Å². The van der Waals surface area contributed by atoms with Gasteiger partial charge in [-0.1, -0.05) is 17.3 Å². The highest BCUT2D eigenvalue weighted by molar-refractivity contribution is 7.18. The lowest BCUT2D eigenvalue weighted by Crippen LogP contribution is -2.25. The molecule has 3 rings (SSSR count). The van der Waals surface area contributed by atoms with Gasteiger partial charge in [0.15, 0.2) is 0 Å². The molecule has 0 aliphatic rings. The van der Waals surface area contributed by atoms with Crippen LogP contribution in [0.1, 0.15) is 21.3 Å². The molecular formula is C14H13N3O2S. The maximum Gasteiger partial charge on any atom is 0.289 e. The zero-order valence-corrected chi connectivity index (χ0v) is 11.7. The zero-order chi connectivity index (χ0) is 13.9. The number of benzene rings is 1. The van der Waals surface area contributed by atoms with E-state index in [4.69, 9.17) is 4.52 Å². The summed E-state index contributed by atoms with van der Waals surface area (Å²) in [5.41, 5.74) is 1.70. The van der Waals surface area contributed by atoms with E-state index in [1.165, 1.54) is 4.70 Å². The van der Waals surface area contributed by atoms with Crippen molar-refractivity contribution in [3.63, 3.8) is 0 Å². The lowest BCUT2D eigenvalue weighted by Gasteiger charge is -1.99. The van der Waals surface area contributed by atoms with Crippen LogP contribution in [-0.2, 0) is 6.42 Å². The van der Waals surface area contributed by atoms with Crippen molar-refractivity contribution in [3.8, 4) is 0 Å². The molecule has 2 heterocycles. The number of hydrogen-bond donors (Lipinski definition) is 1. The first-order valence-electron chi connectivity index (χ1n) is 6.28. The van der Waals surface area contributed by atoms with Crippen molar-refractivity contribution < 1.29 is 9.32 Å². The monoisotopic (exact) mass is 287 g/mol. The van der Waals surface area contributed by atoms with Crippen LogP contribution in [0.3, 0.4) is 0 Å². The number of aromatic nitrogens is 2. The van der Waals surface area contributed by atoms with Crippen LogP contribution in [0.25, 0.3) is 10.2 Å². The molecule has 6 heteroatoms. The first-order chi connectivity index (χ1) is 9.72. The van der Waals surface area contributed by atoms with Crippen molar-refractivity contribution in [2.24, 2.45) is 0 Å². The van der Waals surface area contributed by atoms with Crippen LogP contribution >= 0.6 is 11.3 Å². The number of nitrogens with zero attached hydrogens (tertiary/aromatic N) is 2. The first-order valence-corrected chi connectivity index (χ1v) is 7.10. The fourth-order valence-corrected chi connectivity index (χ4v) is 2.83. The Balaban J connectivity index is 1.58. The zero-order valence-electron chi connectivity index (χ0n) is 10.9. The Hall–Kier alpha value is -2.21. The van der Waals surface area contributed by atoms with Gasteiger partial charge in [0.1, 0.15) is 0 Å². The number of thiazole rings is 1. The van der Waals surface area contributed by atoms with E-state index in [2.05, 4.69) is 15.5 Å². The summed E-state index contributed by atoms with van der Waals surface area (Å²) in [5, 5.41) is 7.50. The number of fused-ring (bicyclic) bond motifs is 1. The molecule has 102 valence electrons. The summed E-state index contributed by atoms with van der Waals surface area (Å²) in [6.07, 6.45) is 0.707. The molecule has 0 saturated heterocycles. The lowest BCUT2D eigenvalue weighted by atomic mass is 10.3. The van der Waals surface area contributed by atoms with Crippen LogP contribution in [0, 0.1) is 6.92 Å². The van der Waals surface area contributed by atoms with Crippen LogP contribution in [0.4, 0.5) is 0 Å². The van der Waals surface area contributed by atoms with Gasteiger partial charge in [-0.25, -0.2) is 4.98 Å². The summed E-state index contributed by atoms with van der Waals surface area (Å²) >= 11 is 1.65. The Kier molecular flexibility index (Phi) is 3.47. The molecule has 1 N–H and O–H groups in total. The van der Waals surface area contributed by atoms with E-state index in [9.17, 15) is 4.79 Å². The number of rotatable bonds is 4. The molecule has 0 aliphatic carbocycles. The van der Waals surface area contributed by atoms with Crippen molar-refractivity contribution in [2.45, 2.75) is 13.3 Å². The van der Waals surface area contributed by atoms with Gasteiger partial charge in [0.05, 0.1) is 20.9 Å². The van der Waals surface area contributed by atoms with Crippen LogP contribution in [0.5, 0.6) is 0 Å². The average molecular weight is 287 g/mol. The molecule has 1 amide bonds. The van der Waals surface area contributed by atoms with Crippen LogP contribution in [0.15, 0.2) is 34.9 Å². The third kappa shape index (κ3) is 2.70. The van der Waals surface area contributed by atoms with Crippen LogP contribution in [0.2, 0.25) is 0 Å². The molecule has 0 spiro atoms. The van der Waals surface area contributed by atoms with Crippen molar-refractivity contribution in [3.05, 3.63) is 46.8 Å². The molecule has 0 atom stereocenters. The normalized spacial score (nSPS) is 10.8. The third-order valence-electron chi connectivity index (χ3n) is 2.81. The topological polar surface area (TPSA) is 68.0 Å². The highest BCUT2D eigenvalue weighted by atomic mass is 32.1. The molecular weight excluding hydrogens is 274 g/mol. The van der Waals surface area contributed by atoms with Gasteiger partial charge in [0.25, 0.3) is 5.91 Å². The number of aryl methyl sites for hydroxylation is 1. The standard InChI is InChI=1S/C14H13N3O2S/c1-9-8-11(19-17-9)14(18)15-7-6-13-16-10-4-2-3-5-12(10)20-13/h2-5,8H,6-7H2,1H3,(H,15,18). The van der Waals surface area contributed by atoms with Gasteiger partial charge >= 0.3 is 0 Å². The number of nitrogens with one attached hydrogen (secondary N) is 1. The van der Waals surface area contributed by atoms with Gasteiger partial charge in [0, 0.05) is 19.0 Å². The van der Waals surface area contributed by atoms with Crippen molar-refractivity contribution in [1.82, 2.24) is 15.5 Å². The molecule has 3 aromatic rings. The molecule has 0 unspecified atom stereocenters. The SMILES string of the molecule is Cc1cc(C(=O)NCCc2nc3ccccc3s2)on1. The third-order valence-corrected chi connectivity index (χ3v) is 3.91. The van der Waals surface area contributed by atoms with Gasteiger partial charge in [-0.05, 0) is 19.1 Å². The molecule has 1 aromatic carbocycles. The largest absolute Gasteiger partial charge is 0.351 e. The second-order valence-electron chi connectivity index (χ2n) is 4.41. The van der Waals surface area contributed by atoms with E-state index < -0.39 is 0 Å². The van der Waals surface area contributed by atoms with Crippen LogP contribution in [-0.4, -0.2) is 22.6 Å². The number of para-hydroxylation sites is 1.